The van der Waals surface area contributed by atoms with Crippen LogP contribution in [0.2, 0.25) is 0 Å². The Morgan fingerprint density at radius 3 is 3.22 bits per heavy atom. The lowest BCUT2D eigenvalue weighted by molar-refractivity contribution is 0.0759. The molecule has 1 unspecified atom stereocenters. The maximum absolute atomic E-state index is 5.58. The number of nitrogens with one attached hydrogen (secondary N) is 1. The smallest absolute Gasteiger partial charge is 0.122 e. The first-order valence-electron chi connectivity index (χ1n) is 6.71. The van der Waals surface area contributed by atoms with Gasteiger partial charge in [0.2, 0.25) is 0 Å². The van der Waals surface area contributed by atoms with Crippen LogP contribution in [0.5, 0.6) is 0 Å². The predicted octanol–water partition coefficient (Wildman–Crippen LogP) is 2.03. The lowest BCUT2D eigenvalue weighted by Gasteiger charge is -2.33. The number of nitrogens with zero attached hydrogens (tertiary/aromatic N) is 2. The SMILES string of the molecule is CCOC(C)c1nc(CN2CCNC[C@@H]2C)cs1. The molecule has 0 aliphatic carbocycles. The van der Waals surface area contributed by atoms with E-state index in [1.54, 1.807) is 11.3 Å². The highest BCUT2D eigenvalue weighted by atomic mass is 32.1. The third-order valence-electron chi connectivity index (χ3n) is 3.34. The maximum Gasteiger partial charge on any atom is 0.122 e. The average Bonchev–Trinajstić information content (AvgIpc) is 2.81. The minimum absolute atomic E-state index is 0.120. The second-order valence-corrected chi connectivity index (χ2v) is 5.69. The van der Waals surface area contributed by atoms with E-state index < -0.39 is 0 Å². The molecule has 0 amide bonds. The second-order valence-electron chi connectivity index (χ2n) is 4.80. The van der Waals surface area contributed by atoms with Crippen molar-refractivity contribution in [1.29, 1.82) is 0 Å². The zero-order valence-corrected chi connectivity index (χ0v) is 12.3. The molecule has 1 aliphatic heterocycles. The summed E-state index contributed by atoms with van der Waals surface area (Å²) in [7, 11) is 0. The van der Waals surface area contributed by atoms with Crippen molar-refractivity contribution in [2.45, 2.75) is 39.5 Å². The Morgan fingerprint density at radius 1 is 1.67 bits per heavy atom. The molecule has 0 bridgehead atoms. The molecule has 1 aromatic rings. The summed E-state index contributed by atoms with van der Waals surface area (Å²) in [6.07, 6.45) is 0.120. The van der Waals surface area contributed by atoms with Crippen LogP contribution in [-0.4, -0.2) is 42.2 Å². The first-order valence-corrected chi connectivity index (χ1v) is 7.59. The Labute approximate surface area is 113 Å². The van der Waals surface area contributed by atoms with Crippen molar-refractivity contribution in [3.63, 3.8) is 0 Å². The van der Waals surface area contributed by atoms with Gasteiger partial charge in [0, 0.05) is 44.2 Å². The number of thiazole rings is 1. The molecule has 102 valence electrons. The molecule has 2 rings (SSSR count). The first-order chi connectivity index (χ1) is 8.70. The summed E-state index contributed by atoms with van der Waals surface area (Å²) in [4.78, 5) is 7.18. The van der Waals surface area contributed by atoms with Crippen LogP contribution in [0.15, 0.2) is 5.38 Å². The van der Waals surface area contributed by atoms with Gasteiger partial charge in [0.25, 0.3) is 0 Å². The Kier molecular flexibility index (Phi) is 5.12. The fourth-order valence-electron chi connectivity index (χ4n) is 2.23. The minimum atomic E-state index is 0.120. The summed E-state index contributed by atoms with van der Waals surface area (Å²) >= 11 is 1.71. The number of piperazine rings is 1. The summed E-state index contributed by atoms with van der Waals surface area (Å²) in [6, 6.07) is 0.591. The van der Waals surface area contributed by atoms with Crippen molar-refractivity contribution in [3.8, 4) is 0 Å². The fraction of sp³-hybridized carbons (Fsp3) is 0.769. The second kappa shape index (κ2) is 6.61. The van der Waals surface area contributed by atoms with Gasteiger partial charge in [0.1, 0.15) is 11.1 Å². The van der Waals surface area contributed by atoms with E-state index in [4.69, 9.17) is 4.74 Å². The van der Waals surface area contributed by atoms with Crippen LogP contribution < -0.4 is 5.32 Å². The van der Waals surface area contributed by atoms with E-state index in [2.05, 4.69) is 34.4 Å². The summed E-state index contributed by atoms with van der Waals surface area (Å²) in [6.45, 7) is 11.3. The highest BCUT2D eigenvalue weighted by Gasteiger charge is 2.19. The molecule has 0 radical (unpaired) electrons. The van der Waals surface area contributed by atoms with Gasteiger partial charge >= 0.3 is 0 Å². The molecular formula is C13H23N3OS. The Morgan fingerprint density at radius 2 is 2.50 bits per heavy atom. The van der Waals surface area contributed by atoms with Crippen molar-refractivity contribution in [2.75, 3.05) is 26.2 Å². The highest BCUT2D eigenvalue weighted by molar-refractivity contribution is 7.09. The van der Waals surface area contributed by atoms with Crippen molar-refractivity contribution < 1.29 is 4.74 Å². The molecule has 1 saturated heterocycles. The van der Waals surface area contributed by atoms with Crippen LogP contribution >= 0.6 is 11.3 Å². The molecule has 1 N–H and O–H groups in total. The molecule has 18 heavy (non-hydrogen) atoms. The van der Waals surface area contributed by atoms with Crippen LogP contribution in [0.3, 0.4) is 0 Å². The van der Waals surface area contributed by atoms with Gasteiger partial charge in [-0.05, 0) is 20.8 Å². The Hall–Kier alpha value is -0.490. The van der Waals surface area contributed by atoms with Gasteiger partial charge in [0.15, 0.2) is 0 Å². The third kappa shape index (κ3) is 3.51. The number of aromatic nitrogens is 1. The summed E-state index contributed by atoms with van der Waals surface area (Å²) < 4.78 is 5.58. The van der Waals surface area contributed by atoms with Gasteiger partial charge in [-0.2, -0.15) is 0 Å². The molecule has 0 aromatic carbocycles. The summed E-state index contributed by atoms with van der Waals surface area (Å²) in [5.74, 6) is 0. The van der Waals surface area contributed by atoms with Gasteiger partial charge in [-0.15, -0.1) is 11.3 Å². The molecule has 1 aromatic heterocycles. The zero-order valence-electron chi connectivity index (χ0n) is 11.5. The molecule has 0 spiro atoms. The third-order valence-corrected chi connectivity index (χ3v) is 4.39. The highest BCUT2D eigenvalue weighted by Crippen LogP contribution is 2.22. The molecule has 2 heterocycles. The fourth-order valence-corrected chi connectivity index (χ4v) is 3.04. The van der Waals surface area contributed by atoms with Gasteiger partial charge < -0.3 is 10.1 Å². The summed E-state index contributed by atoms with van der Waals surface area (Å²) in [5, 5.41) is 6.67. The van der Waals surface area contributed by atoms with E-state index in [9.17, 15) is 0 Å². The number of hydrogen-bond acceptors (Lipinski definition) is 5. The first kappa shape index (κ1) is 13.9. The quantitative estimate of drug-likeness (QED) is 0.887. The molecular weight excluding hydrogens is 246 g/mol. The molecule has 4 nitrogen and oxygen atoms in total. The van der Waals surface area contributed by atoms with Gasteiger partial charge in [-0.25, -0.2) is 4.98 Å². The average molecular weight is 269 g/mol. The maximum atomic E-state index is 5.58. The van der Waals surface area contributed by atoms with E-state index in [1.807, 2.05) is 6.92 Å². The molecule has 1 aliphatic rings. The van der Waals surface area contributed by atoms with E-state index in [0.29, 0.717) is 6.04 Å². The topological polar surface area (TPSA) is 37.4 Å². The molecule has 5 heteroatoms. The van der Waals surface area contributed by atoms with Crippen molar-refractivity contribution in [3.05, 3.63) is 16.1 Å². The van der Waals surface area contributed by atoms with E-state index in [0.717, 1.165) is 37.8 Å². The lowest BCUT2D eigenvalue weighted by Crippen LogP contribution is -2.49. The molecule has 1 fully saturated rings. The van der Waals surface area contributed by atoms with Crippen LogP contribution in [0, 0.1) is 0 Å². The van der Waals surface area contributed by atoms with Gasteiger partial charge in [-0.1, -0.05) is 0 Å². The monoisotopic (exact) mass is 269 g/mol. The van der Waals surface area contributed by atoms with E-state index >= 15 is 0 Å². The number of ether oxygens (including phenoxy) is 1. The van der Waals surface area contributed by atoms with Gasteiger partial charge in [0.05, 0.1) is 5.69 Å². The van der Waals surface area contributed by atoms with Crippen LogP contribution in [0.4, 0.5) is 0 Å². The van der Waals surface area contributed by atoms with Crippen LogP contribution in [-0.2, 0) is 11.3 Å². The van der Waals surface area contributed by atoms with Crippen molar-refractivity contribution >= 4 is 11.3 Å². The zero-order chi connectivity index (χ0) is 13.0. The van der Waals surface area contributed by atoms with Crippen molar-refractivity contribution in [1.82, 2.24) is 15.2 Å². The standard InChI is InChI=1S/C13H23N3OS/c1-4-17-11(3)13-15-12(9-18-13)8-16-6-5-14-7-10(16)2/h9-11,14H,4-8H2,1-3H3/t10-,11?/m0/s1. The molecule has 2 atom stereocenters. The Balaban J connectivity index is 1.93. The number of hydrogen-bond donors (Lipinski definition) is 1. The molecule has 0 saturated carbocycles. The van der Waals surface area contributed by atoms with Crippen LogP contribution in [0.25, 0.3) is 0 Å². The Bertz CT molecular complexity index is 369. The van der Waals surface area contributed by atoms with Crippen LogP contribution in [0.1, 0.15) is 37.6 Å². The van der Waals surface area contributed by atoms with Gasteiger partial charge in [-0.3, -0.25) is 4.90 Å². The van der Waals surface area contributed by atoms with Crippen molar-refractivity contribution in [2.24, 2.45) is 0 Å². The largest absolute Gasteiger partial charge is 0.372 e. The van der Waals surface area contributed by atoms with E-state index in [-0.39, 0.29) is 6.10 Å². The minimum Gasteiger partial charge on any atom is -0.372 e. The summed E-state index contributed by atoms with van der Waals surface area (Å²) in [5.41, 5.74) is 1.18. The lowest BCUT2D eigenvalue weighted by atomic mass is 10.2. The van der Waals surface area contributed by atoms with E-state index in [1.165, 1.54) is 5.69 Å². The number of rotatable bonds is 5. The normalized spacial score (nSPS) is 23.2. The predicted molar refractivity (Wildman–Crippen MR) is 74.9 cm³/mol.